The maximum absolute atomic E-state index is 12.3. The van der Waals surface area contributed by atoms with Gasteiger partial charge in [0.15, 0.2) is 0 Å². The second kappa shape index (κ2) is 7.36. The van der Waals surface area contributed by atoms with Crippen molar-refractivity contribution in [3.8, 4) is 0 Å². The highest BCUT2D eigenvalue weighted by Crippen LogP contribution is 2.15. The average Bonchev–Trinajstić information content (AvgIpc) is 2.82. The summed E-state index contributed by atoms with van der Waals surface area (Å²) >= 11 is 0. The van der Waals surface area contributed by atoms with Crippen LogP contribution in [0.3, 0.4) is 0 Å². The molecule has 0 saturated heterocycles. The molecule has 2 N–H and O–H groups in total. The molecule has 1 aromatic heterocycles. The van der Waals surface area contributed by atoms with Crippen molar-refractivity contribution in [1.29, 1.82) is 0 Å². The van der Waals surface area contributed by atoms with Crippen LogP contribution >= 0.6 is 0 Å². The van der Waals surface area contributed by atoms with Crippen LogP contribution in [0.25, 0.3) is 0 Å². The summed E-state index contributed by atoms with van der Waals surface area (Å²) in [5, 5.41) is 21.3. The summed E-state index contributed by atoms with van der Waals surface area (Å²) in [6, 6.07) is 0. The van der Waals surface area contributed by atoms with Crippen LogP contribution < -0.4 is 0 Å². The Labute approximate surface area is 117 Å². The predicted molar refractivity (Wildman–Crippen MR) is 70.6 cm³/mol. The maximum atomic E-state index is 12.3. The summed E-state index contributed by atoms with van der Waals surface area (Å²) in [5.74, 6) is -1.10. The molecule has 0 bridgehead atoms. The second-order valence-electron chi connectivity index (χ2n) is 4.25. The molecule has 0 unspecified atom stereocenters. The smallest absolute Gasteiger partial charge is 0.325 e. The fourth-order valence-corrected chi connectivity index (χ4v) is 3.07. The summed E-state index contributed by atoms with van der Waals surface area (Å²) < 4.78 is 26.9. The third kappa shape index (κ3) is 4.29. The van der Waals surface area contributed by atoms with E-state index in [1.165, 1.54) is 10.5 Å². The van der Waals surface area contributed by atoms with Crippen molar-refractivity contribution in [3.05, 3.63) is 12.4 Å². The van der Waals surface area contributed by atoms with Crippen LogP contribution in [0.5, 0.6) is 0 Å². The first-order valence-electron chi connectivity index (χ1n) is 6.27. The van der Waals surface area contributed by atoms with E-state index in [1.807, 2.05) is 6.92 Å². The van der Waals surface area contributed by atoms with Crippen LogP contribution in [0.15, 0.2) is 17.3 Å². The monoisotopic (exact) mass is 305 g/mol. The van der Waals surface area contributed by atoms with Gasteiger partial charge in [-0.15, -0.1) is 0 Å². The number of hydrogen-bond acceptors (Lipinski definition) is 5. The van der Waals surface area contributed by atoms with E-state index in [0.717, 1.165) is 17.3 Å². The molecule has 0 aliphatic carbocycles. The molecule has 1 heterocycles. The summed E-state index contributed by atoms with van der Waals surface area (Å²) in [4.78, 5) is 10.5. The van der Waals surface area contributed by atoms with Gasteiger partial charge in [-0.3, -0.25) is 9.48 Å². The van der Waals surface area contributed by atoms with Crippen LogP contribution in [-0.4, -0.2) is 58.4 Å². The molecule has 1 aromatic rings. The zero-order chi connectivity index (χ0) is 15.2. The number of carboxylic acid groups (broad SMARTS) is 1. The number of nitrogens with zero attached hydrogens (tertiary/aromatic N) is 3. The number of aliphatic hydroxyl groups is 1. The number of rotatable bonds is 9. The quantitative estimate of drug-likeness (QED) is 0.650. The van der Waals surface area contributed by atoms with Crippen LogP contribution in [0.1, 0.15) is 19.8 Å². The molecule has 1 rings (SSSR count). The van der Waals surface area contributed by atoms with E-state index >= 15 is 0 Å². The van der Waals surface area contributed by atoms with Gasteiger partial charge in [0.2, 0.25) is 10.0 Å². The lowest BCUT2D eigenvalue weighted by Gasteiger charge is -2.19. The van der Waals surface area contributed by atoms with E-state index < -0.39 is 22.5 Å². The fourth-order valence-electron chi connectivity index (χ4n) is 1.65. The van der Waals surface area contributed by atoms with Crippen molar-refractivity contribution < 1.29 is 23.4 Å². The molecule has 0 aliphatic heterocycles. The van der Waals surface area contributed by atoms with Crippen molar-refractivity contribution in [1.82, 2.24) is 14.1 Å². The predicted octanol–water partition coefficient (Wildman–Crippen LogP) is -0.249. The Morgan fingerprint density at radius 3 is 2.70 bits per heavy atom. The van der Waals surface area contributed by atoms with E-state index in [2.05, 4.69) is 5.10 Å². The molecular formula is C11H19N3O5S. The standard InChI is InChI=1S/C11H19N3O5S/c1-2-3-4-14(5-6-15)20(18,19)10-7-12-13(8-10)9-11(16)17/h7-8,15H,2-6,9H2,1H3,(H,16,17). The fraction of sp³-hybridized carbons (Fsp3) is 0.636. The molecule has 8 nitrogen and oxygen atoms in total. The Balaban J connectivity index is 2.94. The van der Waals surface area contributed by atoms with Gasteiger partial charge in [0.25, 0.3) is 0 Å². The number of aromatic nitrogens is 2. The van der Waals surface area contributed by atoms with Gasteiger partial charge < -0.3 is 10.2 Å². The number of hydrogen-bond donors (Lipinski definition) is 2. The number of carboxylic acids is 1. The third-order valence-electron chi connectivity index (χ3n) is 2.66. The minimum absolute atomic E-state index is 0.00639. The SMILES string of the molecule is CCCCN(CCO)S(=O)(=O)c1cnn(CC(=O)O)c1. The lowest BCUT2D eigenvalue weighted by Crippen LogP contribution is -2.34. The first-order valence-corrected chi connectivity index (χ1v) is 7.71. The normalized spacial score (nSPS) is 11.9. The van der Waals surface area contributed by atoms with Crippen molar-refractivity contribution in [3.63, 3.8) is 0 Å². The third-order valence-corrected chi connectivity index (χ3v) is 4.51. The zero-order valence-corrected chi connectivity index (χ0v) is 12.1. The molecular weight excluding hydrogens is 286 g/mol. The van der Waals surface area contributed by atoms with Crippen molar-refractivity contribution in [2.45, 2.75) is 31.2 Å². The molecule has 114 valence electrons. The molecule has 0 spiro atoms. The summed E-state index contributed by atoms with van der Waals surface area (Å²) in [6.45, 7) is 1.58. The van der Waals surface area contributed by atoms with Crippen LogP contribution in [-0.2, 0) is 21.4 Å². The lowest BCUT2D eigenvalue weighted by atomic mass is 10.3. The zero-order valence-electron chi connectivity index (χ0n) is 11.3. The van der Waals surface area contributed by atoms with E-state index in [-0.39, 0.29) is 18.0 Å². The van der Waals surface area contributed by atoms with Crippen molar-refractivity contribution >= 4 is 16.0 Å². The Morgan fingerprint density at radius 2 is 2.15 bits per heavy atom. The highest BCUT2D eigenvalue weighted by atomic mass is 32.2. The van der Waals surface area contributed by atoms with Gasteiger partial charge in [-0.2, -0.15) is 9.40 Å². The Morgan fingerprint density at radius 1 is 1.45 bits per heavy atom. The molecule has 0 amide bonds. The largest absolute Gasteiger partial charge is 0.480 e. The van der Waals surface area contributed by atoms with Crippen LogP contribution in [0.2, 0.25) is 0 Å². The average molecular weight is 305 g/mol. The second-order valence-corrected chi connectivity index (χ2v) is 6.19. The molecule has 0 aliphatic rings. The number of unbranched alkanes of at least 4 members (excludes halogenated alkanes) is 1. The Bertz CT molecular complexity index is 540. The van der Waals surface area contributed by atoms with Gasteiger partial charge in [0.1, 0.15) is 11.4 Å². The molecule has 20 heavy (non-hydrogen) atoms. The highest BCUT2D eigenvalue weighted by Gasteiger charge is 2.25. The molecule has 0 atom stereocenters. The lowest BCUT2D eigenvalue weighted by molar-refractivity contribution is -0.137. The topological polar surface area (TPSA) is 113 Å². The first kappa shape index (κ1) is 16.6. The number of carbonyl (C=O) groups is 1. The molecule has 0 aromatic carbocycles. The minimum Gasteiger partial charge on any atom is -0.480 e. The first-order chi connectivity index (χ1) is 9.41. The van der Waals surface area contributed by atoms with Gasteiger partial charge in [-0.1, -0.05) is 13.3 Å². The van der Waals surface area contributed by atoms with Gasteiger partial charge in [0.05, 0.1) is 12.8 Å². The van der Waals surface area contributed by atoms with E-state index in [1.54, 1.807) is 0 Å². The van der Waals surface area contributed by atoms with Gasteiger partial charge >= 0.3 is 5.97 Å². The van der Waals surface area contributed by atoms with E-state index in [9.17, 15) is 13.2 Å². The maximum Gasteiger partial charge on any atom is 0.325 e. The van der Waals surface area contributed by atoms with Crippen LogP contribution in [0, 0.1) is 0 Å². The summed E-state index contributed by atoms with van der Waals surface area (Å²) in [6.07, 6.45) is 3.81. The highest BCUT2D eigenvalue weighted by molar-refractivity contribution is 7.89. The molecule has 0 fully saturated rings. The number of aliphatic carboxylic acids is 1. The Kier molecular flexibility index (Phi) is 6.11. The van der Waals surface area contributed by atoms with E-state index in [4.69, 9.17) is 10.2 Å². The summed E-state index contributed by atoms with van der Waals surface area (Å²) in [5.41, 5.74) is 0. The van der Waals surface area contributed by atoms with Gasteiger partial charge in [-0.05, 0) is 6.42 Å². The Hall–Kier alpha value is -1.45. The molecule has 0 saturated carbocycles. The number of aliphatic hydroxyl groups excluding tert-OH is 1. The van der Waals surface area contributed by atoms with E-state index in [0.29, 0.717) is 13.0 Å². The molecule has 9 heteroatoms. The van der Waals surface area contributed by atoms with Crippen molar-refractivity contribution in [2.24, 2.45) is 0 Å². The van der Waals surface area contributed by atoms with Crippen molar-refractivity contribution in [2.75, 3.05) is 19.7 Å². The van der Waals surface area contributed by atoms with Crippen LogP contribution in [0.4, 0.5) is 0 Å². The van der Waals surface area contributed by atoms with Gasteiger partial charge in [-0.25, -0.2) is 8.42 Å². The van der Waals surface area contributed by atoms with Gasteiger partial charge in [0, 0.05) is 19.3 Å². The summed E-state index contributed by atoms with van der Waals surface area (Å²) in [7, 11) is -3.75. The number of sulfonamides is 1. The minimum atomic E-state index is -3.75. The molecule has 0 radical (unpaired) electrons.